The molecule has 6 nitrogen and oxygen atoms in total. The Hall–Kier alpha value is -1.12. The topological polar surface area (TPSA) is 90.7 Å². The first-order valence-electron chi connectivity index (χ1n) is 7.66. The molecule has 0 atom stereocenters. The molecule has 0 amide bonds. The summed E-state index contributed by atoms with van der Waals surface area (Å²) in [5.74, 6) is -0.630. The summed E-state index contributed by atoms with van der Waals surface area (Å²) < 4.78 is 10.9. The first kappa shape index (κ1) is 21.9. The third-order valence-electron chi connectivity index (χ3n) is 3.66. The summed E-state index contributed by atoms with van der Waals surface area (Å²) in [5, 5.41) is 1.83. The molecular weight excluding hydrogens is 312 g/mol. The number of ketones is 2. The second-order valence-electron chi connectivity index (χ2n) is 5.64. The molecule has 0 heterocycles. The van der Waals surface area contributed by atoms with Gasteiger partial charge in [-0.15, -0.1) is 0 Å². The molecule has 0 aromatic carbocycles. The Morgan fingerprint density at radius 3 is 1.91 bits per heavy atom. The summed E-state index contributed by atoms with van der Waals surface area (Å²) >= 11 is 0. The van der Waals surface area contributed by atoms with Gasteiger partial charge in [0, 0.05) is 27.3 Å². The lowest BCUT2D eigenvalue weighted by Gasteiger charge is -2.35. The van der Waals surface area contributed by atoms with Gasteiger partial charge in [-0.1, -0.05) is 13.2 Å². The SMILES string of the molecule is C=C(C)C(=O)C(CCCNCCN)(C(=O)C(=C)C)[SiH](OC)OC. The van der Waals surface area contributed by atoms with Crippen LogP contribution in [-0.2, 0) is 18.4 Å². The lowest BCUT2D eigenvalue weighted by atomic mass is 9.86. The predicted octanol–water partition coefficient (Wildman–Crippen LogP) is 0.859. The number of nitrogens with two attached hydrogens (primary N) is 1. The van der Waals surface area contributed by atoms with Crippen molar-refractivity contribution in [2.75, 3.05) is 33.9 Å². The largest absolute Gasteiger partial charge is 0.399 e. The van der Waals surface area contributed by atoms with Crippen molar-refractivity contribution in [1.82, 2.24) is 5.32 Å². The fourth-order valence-corrected chi connectivity index (χ4v) is 5.00. The summed E-state index contributed by atoms with van der Waals surface area (Å²) in [4.78, 5) is 25.7. The number of hydrogen-bond acceptors (Lipinski definition) is 6. The molecule has 0 bridgehead atoms. The second-order valence-corrected chi connectivity index (χ2v) is 8.23. The monoisotopic (exact) mass is 342 g/mol. The van der Waals surface area contributed by atoms with Gasteiger partial charge >= 0.3 is 9.28 Å². The van der Waals surface area contributed by atoms with Crippen LogP contribution >= 0.6 is 0 Å². The van der Waals surface area contributed by atoms with Gasteiger partial charge in [-0.25, -0.2) is 0 Å². The van der Waals surface area contributed by atoms with E-state index in [0.29, 0.717) is 43.6 Å². The highest BCUT2D eigenvalue weighted by atomic mass is 28.3. The van der Waals surface area contributed by atoms with Crippen molar-refractivity contribution in [3.05, 3.63) is 24.3 Å². The highest BCUT2D eigenvalue weighted by Gasteiger charge is 2.54. The van der Waals surface area contributed by atoms with Crippen LogP contribution in [0.15, 0.2) is 24.3 Å². The molecule has 0 aliphatic rings. The van der Waals surface area contributed by atoms with Crippen molar-refractivity contribution < 1.29 is 18.4 Å². The van der Waals surface area contributed by atoms with Crippen molar-refractivity contribution in [3.8, 4) is 0 Å². The molecule has 23 heavy (non-hydrogen) atoms. The van der Waals surface area contributed by atoms with Gasteiger partial charge in [0.2, 0.25) is 0 Å². The van der Waals surface area contributed by atoms with Crippen LogP contribution in [0, 0.1) is 0 Å². The van der Waals surface area contributed by atoms with Crippen LogP contribution in [0.1, 0.15) is 26.7 Å². The van der Waals surface area contributed by atoms with Gasteiger partial charge < -0.3 is 19.9 Å². The van der Waals surface area contributed by atoms with Crippen LogP contribution in [0.4, 0.5) is 0 Å². The number of hydrogen-bond donors (Lipinski definition) is 2. The zero-order valence-corrected chi connectivity index (χ0v) is 15.9. The molecule has 0 radical (unpaired) electrons. The van der Waals surface area contributed by atoms with Gasteiger partial charge in [-0.2, -0.15) is 0 Å². The normalized spacial score (nSPS) is 11.6. The summed E-state index contributed by atoms with van der Waals surface area (Å²) in [6.45, 7) is 12.5. The predicted molar refractivity (Wildman–Crippen MR) is 94.7 cm³/mol. The van der Waals surface area contributed by atoms with E-state index in [2.05, 4.69) is 18.5 Å². The third kappa shape index (κ3) is 5.47. The lowest BCUT2D eigenvalue weighted by Crippen LogP contribution is -2.49. The van der Waals surface area contributed by atoms with E-state index in [1.165, 1.54) is 14.2 Å². The molecule has 0 unspecified atom stereocenters. The van der Waals surface area contributed by atoms with Gasteiger partial charge in [-0.3, -0.25) is 9.59 Å². The maximum absolute atomic E-state index is 12.9. The van der Waals surface area contributed by atoms with E-state index >= 15 is 0 Å². The second kappa shape index (κ2) is 10.6. The molecule has 0 aliphatic heterocycles. The fraction of sp³-hybridized carbons (Fsp3) is 0.625. The highest BCUT2D eigenvalue weighted by Crippen LogP contribution is 2.42. The standard InChI is InChI=1S/C16H30N2O4Si/c1-12(2)14(19)16(15(20)13(3)4,23(21-5)22-6)8-7-10-18-11-9-17/h18,23H,1,3,7-11,17H2,2,4-6H3. The van der Waals surface area contributed by atoms with E-state index in [9.17, 15) is 9.59 Å². The highest BCUT2D eigenvalue weighted by molar-refractivity contribution is 6.64. The summed E-state index contributed by atoms with van der Waals surface area (Å²) in [5.41, 5.74) is 6.08. The lowest BCUT2D eigenvalue weighted by molar-refractivity contribution is -0.129. The smallest absolute Gasteiger partial charge is 0.343 e. The summed E-state index contributed by atoms with van der Waals surface area (Å²) in [7, 11) is 0.340. The minimum Gasteiger partial charge on any atom is -0.399 e. The van der Waals surface area contributed by atoms with Crippen molar-refractivity contribution in [3.63, 3.8) is 0 Å². The van der Waals surface area contributed by atoms with Gasteiger partial charge in [-0.05, 0) is 44.4 Å². The van der Waals surface area contributed by atoms with E-state index in [1.807, 2.05) is 0 Å². The van der Waals surface area contributed by atoms with Gasteiger partial charge in [0.25, 0.3) is 0 Å². The Balaban J connectivity index is 5.65. The Morgan fingerprint density at radius 2 is 1.57 bits per heavy atom. The Kier molecular flexibility index (Phi) is 10.1. The van der Waals surface area contributed by atoms with Crippen LogP contribution in [0.3, 0.4) is 0 Å². The molecule has 3 N–H and O–H groups in total. The fourth-order valence-electron chi connectivity index (χ4n) is 2.64. The molecule has 0 aromatic rings. The average molecular weight is 343 g/mol. The van der Waals surface area contributed by atoms with E-state index in [4.69, 9.17) is 14.6 Å². The molecule has 132 valence electrons. The van der Waals surface area contributed by atoms with Crippen LogP contribution < -0.4 is 11.1 Å². The van der Waals surface area contributed by atoms with E-state index in [1.54, 1.807) is 13.8 Å². The molecule has 0 saturated carbocycles. The Bertz CT molecular complexity index is 421. The van der Waals surface area contributed by atoms with Crippen molar-refractivity contribution in [2.24, 2.45) is 5.73 Å². The molecule has 0 spiro atoms. The number of allylic oxidation sites excluding steroid dienone is 2. The molecule has 7 heteroatoms. The number of Topliss-reactive ketones (excluding diaryl/α,β-unsaturated/α-hetero) is 2. The molecule has 0 saturated heterocycles. The zero-order chi connectivity index (χ0) is 18.0. The van der Waals surface area contributed by atoms with Crippen LogP contribution in [0.25, 0.3) is 0 Å². The minimum absolute atomic E-state index is 0.315. The number of carbonyl (C=O) groups is 2. The van der Waals surface area contributed by atoms with Gasteiger partial charge in [0.15, 0.2) is 11.6 Å². The Morgan fingerprint density at radius 1 is 1.09 bits per heavy atom. The van der Waals surface area contributed by atoms with Crippen LogP contribution in [0.2, 0.25) is 5.04 Å². The quantitative estimate of drug-likeness (QED) is 0.223. The summed E-state index contributed by atoms with van der Waals surface area (Å²) in [6, 6.07) is 0. The average Bonchev–Trinajstić information content (AvgIpc) is 2.52. The Labute approximate surface area is 140 Å². The molecule has 0 aliphatic carbocycles. The zero-order valence-electron chi connectivity index (χ0n) is 14.7. The first-order chi connectivity index (χ1) is 10.8. The summed E-state index contributed by atoms with van der Waals surface area (Å²) in [6.07, 6.45) is 0.953. The number of nitrogens with one attached hydrogen (secondary N) is 1. The van der Waals surface area contributed by atoms with Crippen molar-refractivity contribution in [1.29, 1.82) is 0 Å². The van der Waals surface area contributed by atoms with Crippen molar-refractivity contribution in [2.45, 2.75) is 31.7 Å². The third-order valence-corrected chi connectivity index (χ3v) is 6.14. The van der Waals surface area contributed by atoms with Gasteiger partial charge in [0.1, 0.15) is 5.04 Å². The van der Waals surface area contributed by atoms with E-state index in [0.717, 1.165) is 0 Å². The molecule has 0 fully saturated rings. The van der Waals surface area contributed by atoms with Crippen molar-refractivity contribution >= 4 is 20.9 Å². The minimum atomic E-state index is -2.60. The van der Waals surface area contributed by atoms with E-state index in [-0.39, 0.29) is 11.6 Å². The molecular formula is C16H30N2O4Si. The van der Waals surface area contributed by atoms with E-state index < -0.39 is 14.3 Å². The van der Waals surface area contributed by atoms with Crippen LogP contribution in [-0.4, -0.2) is 54.7 Å². The van der Waals surface area contributed by atoms with Gasteiger partial charge in [0.05, 0.1) is 0 Å². The molecule has 0 aromatic heterocycles. The maximum Gasteiger partial charge on any atom is 0.343 e. The number of rotatable bonds is 13. The number of carbonyl (C=O) groups excluding carboxylic acids is 2. The van der Waals surface area contributed by atoms with Crippen LogP contribution in [0.5, 0.6) is 0 Å². The molecule has 0 rings (SSSR count). The first-order valence-corrected chi connectivity index (χ1v) is 9.18. The maximum atomic E-state index is 12.9.